The maximum atomic E-state index is 13.8. The Balaban J connectivity index is 1.84. The summed E-state index contributed by atoms with van der Waals surface area (Å²) >= 11 is 6.43. The van der Waals surface area contributed by atoms with Crippen LogP contribution in [0.15, 0.2) is 47.4 Å². The van der Waals surface area contributed by atoms with Crippen molar-refractivity contribution in [3.8, 4) is 11.5 Å². The third-order valence-corrected chi connectivity index (χ3v) is 5.35. The summed E-state index contributed by atoms with van der Waals surface area (Å²) in [7, 11) is 1.43. The minimum atomic E-state index is -0.826. The van der Waals surface area contributed by atoms with Crippen LogP contribution in [0.4, 0.5) is 4.39 Å². The molecule has 5 nitrogen and oxygen atoms in total. The van der Waals surface area contributed by atoms with Crippen molar-refractivity contribution in [2.75, 3.05) is 13.7 Å². The van der Waals surface area contributed by atoms with Gasteiger partial charge in [-0.15, -0.1) is 0 Å². The number of carbonyl (C=O) groups is 2. The van der Waals surface area contributed by atoms with E-state index in [2.05, 4.69) is 0 Å². The minimum Gasteiger partial charge on any atom is -0.493 e. The number of amides is 1. The largest absolute Gasteiger partial charge is 0.493 e. The summed E-state index contributed by atoms with van der Waals surface area (Å²) in [4.78, 5) is 26.6. The van der Waals surface area contributed by atoms with Crippen molar-refractivity contribution < 1.29 is 23.5 Å². The Morgan fingerprint density at radius 3 is 2.64 bits per heavy atom. The minimum absolute atomic E-state index is 0.147. The van der Waals surface area contributed by atoms with Gasteiger partial charge in [0.15, 0.2) is 11.5 Å². The van der Waals surface area contributed by atoms with Crippen LogP contribution in [0.3, 0.4) is 0 Å². The number of carbonyl (C=O) groups excluding carboxylic acids is 2. The molecule has 0 aliphatic carbocycles. The van der Waals surface area contributed by atoms with Crippen molar-refractivity contribution in [2.24, 2.45) is 0 Å². The molecule has 1 amide bonds. The van der Waals surface area contributed by atoms with Gasteiger partial charge >= 0.3 is 5.97 Å². The second-order valence-electron chi connectivity index (χ2n) is 5.71. The fourth-order valence-electron chi connectivity index (χ4n) is 2.56. The van der Waals surface area contributed by atoms with E-state index >= 15 is 0 Å². The van der Waals surface area contributed by atoms with Crippen molar-refractivity contribution in [2.45, 2.75) is 6.92 Å². The van der Waals surface area contributed by atoms with E-state index in [0.29, 0.717) is 21.3 Å². The van der Waals surface area contributed by atoms with Gasteiger partial charge in [-0.25, -0.2) is 9.18 Å². The number of hydrogen-bond donors (Lipinski definition) is 0. The summed E-state index contributed by atoms with van der Waals surface area (Å²) in [5, 5.41) is 0. The number of thiocarbonyl (C=S) groups is 1. The number of methoxy groups -OCH3 is 1. The number of likely N-dealkylation sites (N-methyl/N-ethyl adjacent to an activating group) is 1. The fraction of sp³-hybridized carbons (Fsp3) is 0.150. The normalized spacial score (nSPS) is 15.2. The van der Waals surface area contributed by atoms with Gasteiger partial charge in [0, 0.05) is 6.54 Å². The predicted octanol–water partition coefficient (Wildman–Crippen LogP) is 4.27. The maximum Gasteiger partial charge on any atom is 0.346 e. The number of halogens is 1. The van der Waals surface area contributed by atoms with E-state index in [1.54, 1.807) is 24.3 Å². The number of nitrogens with zero attached hydrogens (tertiary/aromatic N) is 1. The van der Waals surface area contributed by atoms with Crippen LogP contribution < -0.4 is 9.47 Å². The van der Waals surface area contributed by atoms with Crippen LogP contribution in [0.2, 0.25) is 0 Å². The van der Waals surface area contributed by atoms with Crippen molar-refractivity contribution in [1.82, 2.24) is 4.90 Å². The Kier molecular flexibility index (Phi) is 6.11. The average Bonchev–Trinajstić information content (AvgIpc) is 2.95. The van der Waals surface area contributed by atoms with Gasteiger partial charge in [-0.3, -0.25) is 9.69 Å². The first-order valence-corrected chi connectivity index (χ1v) is 9.57. The molecule has 1 saturated heterocycles. The molecule has 1 aliphatic rings. The van der Waals surface area contributed by atoms with Crippen LogP contribution in [0.5, 0.6) is 11.5 Å². The molecule has 0 aromatic heterocycles. The Morgan fingerprint density at radius 2 is 2.00 bits per heavy atom. The molecule has 0 radical (unpaired) electrons. The van der Waals surface area contributed by atoms with Gasteiger partial charge in [-0.05, 0) is 42.8 Å². The van der Waals surface area contributed by atoms with E-state index in [0.717, 1.165) is 0 Å². The zero-order valence-corrected chi connectivity index (χ0v) is 16.7. The number of thioether (sulfide) groups is 1. The first-order valence-electron chi connectivity index (χ1n) is 8.34. The van der Waals surface area contributed by atoms with Crippen molar-refractivity contribution in [3.63, 3.8) is 0 Å². The molecule has 2 aromatic rings. The molecule has 1 heterocycles. The molecule has 0 N–H and O–H groups in total. The SMILES string of the molecule is CCN1C(=O)/C(=C/c2ccc(OC(=O)c3ccccc3F)c(OC)c2)SC1=S. The molecular weight excluding hydrogens is 401 g/mol. The standard InChI is InChI=1S/C20H16FNO4S2/c1-3-22-18(23)17(28-20(22)27)11-12-8-9-15(16(10-12)25-2)26-19(24)13-6-4-5-7-14(13)21/h4-11H,3H2,1-2H3/b17-11-. The summed E-state index contributed by atoms with van der Waals surface area (Å²) in [6.07, 6.45) is 1.69. The number of esters is 1. The monoisotopic (exact) mass is 417 g/mol. The first-order chi connectivity index (χ1) is 13.4. The second-order valence-corrected chi connectivity index (χ2v) is 7.38. The lowest BCUT2D eigenvalue weighted by Gasteiger charge is -2.11. The predicted molar refractivity (Wildman–Crippen MR) is 110 cm³/mol. The highest BCUT2D eigenvalue weighted by Gasteiger charge is 2.30. The van der Waals surface area contributed by atoms with Crippen molar-refractivity contribution >= 4 is 46.3 Å². The fourth-order valence-corrected chi connectivity index (χ4v) is 3.95. The van der Waals surface area contributed by atoms with E-state index in [9.17, 15) is 14.0 Å². The highest BCUT2D eigenvalue weighted by atomic mass is 32.2. The molecule has 0 atom stereocenters. The van der Waals surface area contributed by atoms with E-state index in [-0.39, 0.29) is 23.0 Å². The zero-order valence-electron chi connectivity index (χ0n) is 15.1. The smallest absolute Gasteiger partial charge is 0.346 e. The molecule has 0 saturated carbocycles. The lowest BCUT2D eigenvalue weighted by atomic mass is 10.1. The summed E-state index contributed by atoms with van der Waals surface area (Å²) in [6.45, 7) is 2.37. The quantitative estimate of drug-likeness (QED) is 0.313. The lowest BCUT2D eigenvalue weighted by Crippen LogP contribution is -2.27. The molecule has 2 aromatic carbocycles. The molecule has 144 valence electrons. The molecule has 1 aliphatic heterocycles. The zero-order chi connectivity index (χ0) is 20.3. The second kappa shape index (κ2) is 8.53. The topological polar surface area (TPSA) is 55.8 Å². The number of benzene rings is 2. The molecule has 0 bridgehead atoms. The van der Waals surface area contributed by atoms with Crippen LogP contribution in [0.25, 0.3) is 6.08 Å². The molecule has 0 spiro atoms. The number of rotatable bonds is 5. The molecular formula is C20H16FNO4S2. The van der Waals surface area contributed by atoms with Crippen molar-refractivity contribution in [1.29, 1.82) is 0 Å². The van der Waals surface area contributed by atoms with E-state index in [1.807, 2.05) is 6.92 Å². The van der Waals surface area contributed by atoms with Crippen molar-refractivity contribution in [3.05, 3.63) is 64.3 Å². The summed E-state index contributed by atoms with van der Waals surface area (Å²) < 4.78 is 24.8. The molecule has 28 heavy (non-hydrogen) atoms. The van der Waals surface area contributed by atoms with Gasteiger partial charge in [0.1, 0.15) is 10.1 Å². The van der Waals surface area contributed by atoms with E-state index < -0.39 is 11.8 Å². The van der Waals surface area contributed by atoms with Crippen LogP contribution in [-0.2, 0) is 4.79 Å². The molecule has 0 unspecified atom stereocenters. The maximum absolute atomic E-state index is 13.8. The molecule has 3 rings (SSSR count). The van der Waals surface area contributed by atoms with Gasteiger partial charge in [0.05, 0.1) is 17.6 Å². The molecule has 8 heteroatoms. The summed E-state index contributed by atoms with van der Waals surface area (Å²) in [5.74, 6) is -1.21. The lowest BCUT2D eigenvalue weighted by molar-refractivity contribution is -0.121. The first kappa shape index (κ1) is 20.0. The van der Waals surface area contributed by atoms with Crippen LogP contribution in [0, 0.1) is 5.82 Å². The third kappa shape index (κ3) is 4.07. The van der Waals surface area contributed by atoms with Crippen LogP contribution in [-0.4, -0.2) is 34.8 Å². The highest BCUT2D eigenvalue weighted by molar-refractivity contribution is 8.26. The third-order valence-electron chi connectivity index (χ3n) is 3.97. The van der Waals surface area contributed by atoms with E-state index in [4.69, 9.17) is 21.7 Å². The Hall–Kier alpha value is -2.71. The Bertz CT molecular complexity index is 990. The summed E-state index contributed by atoms with van der Waals surface area (Å²) in [6, 6.07) is 10.4. The van der Waals surface area contributed by atoms with Gasteiger partial charge in [-0.1, -0.05) is 42.2 Å². The Morgan fingerprint density at radius 1 is 1.25 bits per heavy atom. The van der Waals surface area contributed by atoms with Gasteiger partial charge in [-0.2, -0.15) is 0 Å². The number of hydrogen-bond acceptors (Lipinski definition) is 6. The van der Waals surface area contributed by atoms with Gasteiger partial charge in [0.25, 0.3) is 5.91 Å². The van der Waals surface area contributed by atoms with Crippen LogP contribution >= 0.6 is 24.0 Å². The average molecular weight is 417 g/mol. The van der Waals surface area contributed by atoms with Gasteiger partial charge < -0.3 is 9.47 Å². The van der Waals surface area contributed by atoms with E-state index in [1.165, 1.54) is 48.0 Å². The van der Waals surface area contributed by atoms with Crippen LogP contribution in [0.1, 0.15) is 22.8 Å². The summed E-state index contributed by atoms with van der Waals surface area (Å²) in [5.41, 5.74) is 0.510. The number of ether oxygens (including phenoxy) is 2. The molecule has 1 fully saturated rings. The Labute approximate surface area is 171 Å². The highest BCUT2D eigenvalue weighted by Crippen LogP contribution is 2.34. The van der Waals surface area contributed by atoms with Gasteiger partial charge in [0.2, 0.25) is 0 Å².